The van der Waals surface area contributed by atoms with Crippen molar-refractivity contribution >= 4 is 49.5 Å². The molecule has 2 amide bonds. The van der Waals surface area contributed by atoms with Gasteiger partial charge in [-0.2, -0.15) is 0 Å². The van der Waals surface area contributed by atoms with E-state index in [1.807, 2.05) is 13.0 Å². The third-order valence-corrected chi connectivity index (χ3v) is 8.32. The van der Waals surface area contributed by atoms with Crippen LogP contribution in [0, 0.1) is 30.6 Å². The molecular weight excluding hydrogens is 400 g/mol. The number of hydrogen-bond donors (Lipinski definition) is 0. The number of imide groups is 1. The van der Waals surface area contributed by atoms with Crippen LogP contribution in [-0.4, -0.2) is 26.5 Å². The average molecular weight is 414 g/mol. The zero-order valence-electron chi connectivity index (χ0n) is 11.4. The van der Waals surface area contributed by atoms with Gasteiger partial charge in [-0.15, -0.1) is 0 Å². The molecule has 1 aromatic heterocycles. The van der Waals surface area contributed by atoms with Crippen molar-refractivity contribution in [3.05, 3.63) is 23.9 Å². The van der Waals surface area contributed by atoms with Gasteiger partial charge < -0.3 is 0 Å². The number of nitrogens with zero attached hydrogens (tertiary/aromatic N) is 2. The molecule has 0 radical (unpaired) electrons. The third-order valence-electron chi connectivity index (χ3n) is 5.12. The number of fused-ring (bicyclic) bond motifs is 5. The second-order valence-electron chi connectivity index (χ2n) is 6.21. The fourth-order valence-corrected chi connectivity index (χ4v) is 6.09. The lowest BCUT2D eigenvalue weighted by Gasteiger charge is -2.28. The Labute approximate surface area is 139 Å². The third kappa shape index (κ3) is 1.75. The molecule has 2 heterocycles. The van der Waals surface area contributed by atoms with Crippen molar-refractivity contribution in [3.63, 3.8) is 0 Å². The Morgan fingerprint density at radius 1 is 1.14 bits per heavy atom. The average Bonchev–Trinajstić information content (AvgIpc) is 3.04. The van der Waals surface area contributed by atoms with Gasteiger partial charge >= 0.3 is 0 Å². The zero-order chi connectivity index (χ0) is 14.9. The van der Waals surface area contributed by atoms with Gasteiger partial charge in [-0.3, -0.25) is 9.59 Å². The highest BCUT2D eigenvalue weighted by Crippen LogP contribution is 2.60. The molecule has 3 fully saturated rings. The predicted molar refractivity (Wildman–Crippen MR) is 85.5 cm³/mol. The zero-order valence-corrected chi connectivity index (χ0v) is 14.5. The maximum atomic E-state index is 12.8. The fraction of sp³-hybridized carbons (Fsp3) is 0.533. The molecule has 1 aliphatic heterocycles. The number of hydrogen-bond acceptors (Lipinski definition) is 3. The van der Waals surface area contributed by atoms with Gasteiger partial charge in [0.05, 0.1) is 11.8 Å². The first kappa shape index (κ1) is 13.9. The monoisotopic (exact) mass is 412 g/mol. The van der Waals surface area contributed by atoms with E-state index in [1.54, 1.807) is 12.3 Å². The highest BCUT2D eigenvalue weighted by Gasteiger charge is 2.66. The van der Waals surface area contributed by atoms with E-state index in [1.165, 1.54) is 4.90 Å². The van der Waals surface area contributed by atoms with Gasteiger partial charge in [0.25, 0.3) is 0 Å². The van der Waals surface area contributed by atoms with E-state index in [4.69, 9.17) is 0 Å². The first-order valence-electron chi connectivity index (χ1n) is 7.09. The normalized spacial score (nSPS) is 41.0. The predicted octanol–water partition coefficient (Wildman–Crippen LogP) is 2.67. The summed E-state index contributed by atoms with van der Waals surface area (Å²) in [6.45, 7) is 1.93. The van der Waals surface area contributed by atoms with Crippen LogP contribution in [0.5, 0.6) is 0 Å². The molecule has 6 atom stereocenters. The molecule has 6 heteroatoms. The van der Waals surface area contributed by atoms with Crippen molar-refractivity contribution in [2.45, 2.75) is 23.0 Å². The molecule has 2 saturated carbocycles. The van der Waals surface area contributed by atoms with Crippen LogP contribution in [0.15, 0.2) is 18.3 Å². The molecule has 4 rings (SSSR count). The fourth-order valence-electron chi connectivity index (χ4n) is 4.22. The van der Waals surface area contributed by atoms with E-state index in [-0.39, 0.29) is 45.1 Å². The number of aryl methyl sites for hydroxylation is 1. The summed E-state index contributed by atoms with van der Waals surface area (Å²) >= 11 is 7.38. The maximum Gasteiger partial charge on any atom is 0.239 e. The Balaban J connectivity index is 1.75. The second kappa shape index (κ2) is 4.62. The van der Waals surface area contributed by atoms with Crippen LogP contribution in [0.3, 0.4) is 0 Å². The summed E-state index contributed by atoms with van der Waals surface area (Å²) in [5.74, 6) is 0.465. The SMILES string of the molecule is Cc1ccnc(N2C(=O)[C@@H]3[C@H]4C[C@@H]([C@H](Br)[C@H]4Br)[C@@H]3C2=O)c1. The van der Waals surface area contributed by atoms with Crippen LogP contribution in [0.2, 0.25) is 0 Å². The molecular formula is C15H14Br2N2O2. The summed E-state index contributed by atoms with van der Waals surface area (Å²) in [4.78, 5) is 31.6. The van der Waals surface area contributed by atoms with Gasteiger partial charge in [0.15, 0.2) is 0 Å². The van der Waals surface area contributed by atoms with Crippen molar-refractivity contribution in [2.24, 2.45) is 23.7 Å². The Morgan fingerprint density at radius 3 is 2.24 bits per heavy atom. The molecule has 0 N–H and O–H groups in total. The molecule has 0 aromatic carbocycles. The summed E-state index contributed by atoms with van der Waals surface area (Å²) in [6, 6.07) is 3.66. The molecule has 21 heavy (non-hydrogen) atoms. The number of carbonyl (C=O) groups excluding carboxylic acids is 2. The Hall–Kier alpha value is -0.750. The Kier molecular flexibility index (Phi) is 3.05. The van der Waals surface area contributed by atoms with Gasteiger partial charge in [-0.05, 0) is 42.9 Å². The number of aromatic nitrogens is 1. The van der Waals surface area contributed by atoms with Crippen molar-refractivity contribution in [2.75, 3.05) is 4.90 Å². The lowest BCUT2D eigenvalue weighted by atomic mass is 9.81. The van der Waals surface area contributed by atoms with E-state index in [2.05, 4.69) is 36.8 Å². The number of pyridine rings is 1. The summed E-state index contributed by atoms with van der Waals surface area (Å²) in [7, 11) is 0. The summed E-state index contributed by atoms with van der Waals surface area (Å²) in [5, 5.41) is 0. The van der Waals surface area contributed by atoms with Gasteiger partial charge in [0.1, 0.15) is 5.82 Å². The maximum absolute atomic E-state index is 12.8. The molecule has 1 aromatic rings. The van der Waals surface area contributed by atoms with Gasteiger partial charge in [0, 0.05) is 15.9 Å². The standard InChI is InChI=1S/C15H14Br2N2O2/c1-6-2-3-18-9(4-6)19-14(20)10-7-5-8(11(10)15(19)21)13(17)12(7)16/h2-4,7-8,10-13H,5H2,1H3/t7-,8-,10-,11+,12+,13+/m1/s1. The summed E-state index contributed by atoms with van der Waals surface area (Å²) in [6.07, 6.45) is 2.60. The van der Waals surface area contributed by atoms with Crippen molar-refractivity contribution in [3.8, 4) is 0 Å². The molecule has 0 spiro atoms. The Morgan fingerprint density at radius 2 is 1.71 bits per heavy atom. The number of alkyl halides is 2. The van der Waals surface area contributed by atoms with Gasteiger partial charge in [-0.1, -0.05) is 31.9 Å². The second-order valence-corrected chi connectivity index (χ2v) is 8.32. The van der Waals surface area contributed by atoms with E-state index in [9.17, 15) is 9.59 Å². The van der Waals surface area contributed by atoms with Crippen molar-refractivity contribution in [1.82, 2.24) is 4.98 Å². The molecule has 1 saturated heterocycles. The van der Waals surface area contributed by atoms with Crippen LogP contribution in [0.1, 0.15) is 12.0 Å². The Bertz CT molecular complexity index is 618. The van der Waals surface area contributed by atoms with Crippen LogP contribution in [0.4, 0.5) is 5.82 Å². The van der Waals surface area contributed by atoms with Gasteiger partial charge in [0.2, 0.25) is 11.8 Å². The number of rotatable bonds is 1. The van der Waals surface area contributed by atoms with E-state index < -0.39 is 0 Å². The first-order chi connectivity index (χ1) is 10.0. The number of carbonyl (C=O) groups is 2. The molecule has 2 aliphatic carbocycles. The van der Waals surface area contributed by atoms with Crippen LogP contribution >= 0.6 is 31.9 Å². The van der Waals surface area contributed by atoms with Gasteiger partial charge in [-0.25, -0.2) is 9.88 Å². The molecule has 110 valence electrons. The van der Waals surface area contributed by atoms with E-state index in [0.29, 0.717) is 5.82 Å². The number of anilines is 1. The highest BCUT2D eigenvalue weighted by molar-refractivity contribution is 9.12. The molecule has 3 aliphatic rings. The smallest absolute Gasteiger partial charge is 0.239 e. The minimum atomic E-state index is -0.178. The number of amides is 2. The summed E-state index contributed by atoms with van der Waals surface area (Å²) in [5.41, 5.74) is 0.998. The largest absolute Gasteiger partial charge is 0.274 e. The minimum absolute atomic E-state index is 0.0700. The topological polar surface area (TPSA) is 50.3 Å². The molecule has 4 nitrogen and oxygen atoms in total. The van der Waals surface area contributed by atoms with Crippen LogP contribution in [0.25, 0.3) is 0 Å². The quantitative estimate of drug-likeness (QED) is 0.525. The van der Waals surface area contributed by atoms with E-state index in [0.717, 1.165) is 12.0 Å². The highest BCUT2D eigenvalue weighted by atomic mass is 79.9. The summed E-state index contributed by atoms with van der Waals surface area (Å²) < 4.78 is 0. The molecule has 0 unspecified atom stereocenters. The number of halogens is 2. The first-order valence-corrected chi connectivity index (χ1v) is 8.92. The van der Waals surface area contributed by atoms with E-state index >= 15 is 0 Å². The lowest BCUT2D eigenvalue weighted by Crippen LogP contribution is -2.37. The van der Waals surface area contributed by atoms with Crippen molar-refractivity contribution < 1.29 is 9.59 Å². The molecule has 2 bridgehead atoms. The minimum Gasteiger partial charge on any atom is -0.274 e. The van der Waals surface area contributed by atoms with Crippen LogP contribution in [-0.2, 0) is 9.59 Å². The van der Waals surface area contributed by atoms with Crippen LogP contribution < -0.4 is 4.90 Å². The van der Waals surface area contributed by atoms with Crippen molar-refractivity contribution in [1.29, 1.82) is 0 Å². The lowest BCUT2D eigenvalue weighted by molar-refractivity contribution is -0.123.